The zero-order valence-electron chi connectivity index (χ0n) is 19.7. The number of fused-ring (bicyclic) bond motifs is 4. The molecule has 0 unspecified atom stereocenters. The van der Waals surface area contributed by atoms with E-state index in [2.05, 4.69) is 17.6 Å². The molecule has 3 saturated heterocycles. The number of nitro benzene ring substituents is 1. The fraction of sp³-hybridized carbons (Fsp3) is 0.370. The first-order chi connectivity index (χ1) is 16.4. The topological polar surface area (TPSA) is 85.5 Å². The Morgan fingerprint density at radius 2 is 2.06 bits per heavy atom. The van der Waals surface area contributed by atoms with E-state index in [1.54, 1.807) is 25.4 Å². The van der Waals surface area contributed by atoms with Gasteiger partial charge in [-0.3, -0.25) is 15.1 Å². The summed E-state index contributed by atoms with van der Waals surface area (Å²) in [4.78, 5) is 15.2. The normalized spacial score (nSPS) is 26.1. The van der Waals surface area contributed by atoms with Crippen molar-refractivity contribution in [3.63, 3.8) is 0 Å². The maximum Gasteiger partial charge on any atom is 0.269 e. The van der Waals surface area contributed by atoms with Crippen LogP contribution in [0.3, 0.4) is 0 Å². The van der Waals surface area contributed by atoms with Crippen LogP contribution in [0.4, 0.5) is 5.69 Å². The third kappa shape index (κ3) is 4.58. The van der Waals surface area contributed by atoms with Crippen molar-refractivity contribution in [3.8, 4) is 5.75 Å². The second-order valence-corrected chi connectivity index (χ2v) is 9.69. The number of hydrogen-bond donors (Lipinski definition) is 1. The summed E-state index contributed by atoms with van der Waals surface area (Å²) in [6.07, 6.45) is 5.18. The van der Waals surface area contributed by atoms with Crippen molar-refractivity contribution in [1.29, 1.82) is 0 Å². The molecule has 0 spiro atoms. The fourth-order valence-corrected chi connectivity index (χ4v) is 6.21. The summed E-state index contributed by atoms with van der Waals surface area (Å²) in [6, 6.07) is 14.5. The Balaban J connectivity index is 0.00000289. The van der Waals surface area contributed by atoms with Gasteiger partial charge in [0.15, 0.2) is 0 Å². The lowest BCUT2D eigenvalue weighted by atomic mass is 9.71. The molecule has 2 bridgehead atoms. The summed E-state index contributed by atoms with van der Waals surface area (Å²) >= 11 is 0. The number of hydrogen-bond acceptors (Lipinski definition) is 5. The van der Waals surface area contributed by atoms with Crippen LogP contribution in [0, 0.1) is 22.0 Å². The first-order valence-electron chi connectivity index (χ1n) is 11.8. The molecule has 184 valence electrons. The molecule has 4 heterocycles. The highest BCUT2D eigenvalue weighted by Crippen LogP contribution is 2.48. The van der Waals surface area contributed by atoms with Gasteiger partial charge in [0.25, 0.3) is 5.69 Å². The van der Waals surface area contributed by atoms with E-state index < -0.39 is 6.10 Å². The highest BCUT2D eigenvalue weighted by molar-refractivity contribution is 5.83. The van der Waals surface area contributed by atoms with E-state index >= 15 is 0 Å². The van der Waals surface area contributed by atoms with E-state index in [0.717, 1.165) is 64.7 Å². The van der Waals surface area contributed by atoms with Gasteiger partial charge in [-0.2, -0.15) is 0 Å². The zero-order chi connectivity index (χ0) is 23.9. The van der Waals surface area contributed by atoms with E-state index in [9.17, 15) is 15.2 Å². The highest BCUT2D eigenvalue weighted by Gasteiger charge is 2.54. The monoisotopic (exact) mass is 539 g/mol. The van der Waals surface area contributed by atoms with Crippen molar-refractivity contribution < 1.29 is 36.2 Å². The van der Waals surface area contributed by atoms with Crippen molar-refractivity contribution in [2.45, 2.75) is 31.5 Å². The molecule has 3 aliphatic rings. The van der Waals surface area contributed by atoms with Crippen molar-refractivity contribution >= 4 is 16.6 Å². The molecule has 0 radical (unpaired) electrons. The minimum atomic E-state index is -0.663. The summed E-state index contributed by atoms with van der Waals surface area (Å²) in [5, 5.41) is 23.9. The van der Waals surface area contributed by atoms with E-state index in [-0.39, 0.29) is 33.6 Å². The molecule has 0 amide bonds. The average molecular weight is 540 g/mol. The SMILES string of the molecule is C=C[C@H]1C[N@+]2(Cc3ccc([N+](=O)[O-])cc3)CC[C@H]1C[C@@H]2[C@@H](O)c1ccnc2ccc(OC)cc12.[Br-]. The summed E-state index contributed by atoms with van der Waals surface area (Å²) in [5.74, 6) is 1.65. The Labute approximate surface area is 215 Å². The van der Waals surface area contributed by atoms with Crippen LogP contribution in [-0.4, -0.2) is 45.7 Å². The first kappa shape index (κ1) is 25.3. The van der Waals surface area contributed by atoms with Crippen LogP contribution in [0.15, 0.2) is 67.4 Å². The van der Waals surface area contributed by atoms with Gasteiger partial charge in [0.1, 0.15) is 24.4 Å². The maximum absolute atomic E-state index is 11.8. The number of nitro groups is 1. The number of benzene rings is 2. The molecule has 3 fully saturated rings. The van der Waals surface area contributed by atoms with Gasteiger partial charge in [0.05, 0.1) is 30.6 Å². The first-order valence-corrected chi connectivity index (χ1v) is 11.8. The van der Waals surface area contributed by atoms with Gasteiger partial charge in [0, 0.05) is 48.0 Å². The molecule has 35 heavy (non-hydrogen) atoms. The van der Waals surface area contributed by atoms with Crippen molar-refractivity contribution in [2.24, 2.45) is 11.8 Å². The number of pyridine rings is 1. The van der Waals surface area contributed by atoms with Crippen LogP contribution in [0.5, 0.6) is 5.75 Å². The number of nitrogens with zero attached hydrogens (tertiary/aromatic N) is 3. The summed E-state index contributed by atoms with van der Waals surface area (Å²) in [6.45, 7) is 6.70. The smallest absolute Gasteiger partial charge is 0.269 e. The largest absolute Gasteiger partial charge is 1.00 e. The standard InChI is InChI=1S/C27H30N3O4.BrH/c1-3-19-17-30(16-18-4-6-21(7-5-18)29(32)33)13-11-20(19)14-26(30)27(31)23-10-12-28-25-9-8-22(34-2)15-24(23)25;/h3-10,12,15,19-20,26-27,31H,1,11,13-14,16-17H2,2H3;1H/q+1;/p-1/t19-,20-,26+,27-,30+;/m0./s1. The minimum absolute atomic E-state index is 0. The minimum Gasteiger partial charge on any atom is -1.00 e. The lowest BCUT2D eigenvalue weighted by Gasteiger charge is -2.58. The van der Waals surface area contributed by atoms with E-state index in [4.69, 9.17) is 4.74 Å². The third-order valence-electron chi connectivity index (χ3n) is 7.99. The van der Waals surface area contributed by atoms with Crippen molar-refractivity contribution in [3.05, 3.63) is 88.6 Å². The number of rotatable bonds is 7. The molecule has 0 aliphatic carbocycles. The molecular formula is C27H30BrN3O4. The number of aliphatic hydroxyl groups is 1. The van der Waals surface area contributed by atoms with Crippen LogP contribution in [0.1, 0.15) is 30.1 Å². The molecular weight excluding hydrogens is 510 g/mol. The molecule has 5 atom stereocenters. The molecule has 7 nitrogen and oxygen atoms in total. The number of aromatic nitrogens is 1. The molecule has 1 aromatic heterocycles. The van der Waals surface area contributed by atoms with Gasteiger partial charge >= 0.3 is 0 Å². The molecule has 0 saturated carbocycles. The van der Waals surface area contributed by atoms with Gasteiger partial charge in [-0.1, -0.05) is 6.08 Å². The zero-order valence-corrected chi connectivity index (χ0v) is 21.3. The predicted octanol–water partition coefficient (Wildman–Crippen LogP) is 1.80. The van der Waals surface area contributed by atoms with Gasteiger partial charge in [-0.25, -0.2) is 0 Å². The number of non-ortho nitro benzene ring substituents is 1. The second-order valence-electron chi connectivity index (χ2n) is 9.69. The number of quaternary nitrogens is 1. The number of piperidine rings is 3. The summed E-state index contributed by atoms with van der Waals surface area (Å²) < 4.78 is 6.18. The summed E-state index contributed by atoms with van der Waals surface area (Å²) in [7, 11) is 1.64. The number of aliphatic hydroxyl groups excluding tert-OH is 1. The predicted molar refractivity (Wildman–Crippen MR) is 130 cm³/mol. The number of halogens is 1. The Morgan fingerprint density at radius 1 is 1.29 bits per heavy atom. The maximum atomic E-state index is 11.8. The van der Waals surface area contributed by atoms with Crippen LogP contribution < -0.4 is 21.7 Å². The molecule has 2 aromatic carbocycles. The molecule has 6 rings (SSSR count). The molecule has 3 aliphatic heterocycles. The van der Waals surface area contributed by atoms with Gasteiger partial charge in [-0.05, 0) is 47.9 Å². The molecule has 1 N–H and O–H groups in total. The second kappa shape index (κ2) is 10.0. The van der Waals surface area contributed by atoms with Crippen LogP contribution in [0.25, 0.3) is 10.9 Å². The van der Waals surface area contributed by atoms with Crippen LogP contribution in [0.2, 0.25) is 0 Å². The lowest BCUT2D eigenvalue weighted by Crippen LogP contribution is -3.00. The molecule has 3 aromatic rings. The Kier molecular flexibility index (Phi) is 7.26. The highest BCUT2D eigenvalue weighted by atomic mass is 79.9. The Hall–Kier alpha value is -2.81. The fourth-order valence-electron chi connectivity index (χ4n) is 6.21. The van der Waals surface area contributed by atoms with E-state index in [1.807, 2.05) is 36.4 Å². The van der Waals surface area contributed by atoms with E-state index in [1.165, 1.54) is 0 Å². The van der Waals surface area contributed by atoms with Crippen molar-refractivity contribution in [1.82, 2.24) is 4.98 Å². The average Bonchev–Trinajstić information content (AvgIpc) is 2.87. The van der Waals surface area contributed by atoms with Gasteiger partial charge < -0.3 is 31.3 Å². The third-order valence-corrected chi connectivity index (χ3v) is 7.99. The Bertz CT molecular complexity index is 1230. The Morgan fingerprint density at radius 3 is 2.74 bits per heavy atom. The van der Waals surface area contributed by atoms with E-state index in [0.29, 0.717) is 11.8 Å². The lowest BCUT2D eigenvalue weighted by molar-refractivity contribution is -0.984. The quantitative estimate of drug-likeness (QED) is 0.214. The van der Waals surface area contributed by atoms with Crippen LogP contribution in [-0.2, 0) is 6.54 Å². The summed E-state index contributed by atoms with van der Waals surface area (Å²) in [5.41, 5.74) is 2.85. The molecule has 8 heteroatoms. The van der Waals surface area contributed by atoms with Gasteiger partial charge in [0.2, 0.25) is 0 Å². The number of methoxy groups -OCH3 is 1. The van der Waals surface area contributed by atoms with Crippen LogP contribution >= 0.6 is 0 Å². The number of ether oxygens (including phenoxy) is 1. The van der Waals surface area contributed by atoms with Gasteiger partial charge in [-0.15, -0.1) is 6.58 Å². The van der Waals surface area contributed by atoms with Crippen molar-refractivity contribution in [2.75, 3.05) is 20.2 Å².